The molecule has 0 fully saturated rings. The van der Waals surface area contributed by atoms with Gasteiger partial charge in [0, 0.05) is 6.20 Å². The molecule has 0 aliphatic carbocycles. The Balaban J connectivity index is 2.11. The Labute approximate surface area is 112 Å². The predicted molar refractivity (Wildman–Crippen MR) is 74.9 cm³/mol. The first kappa shape index (κ1) is 11.7. The van der Waals surface area contributed by atoms with Gasteiger partial charge in [0.05, 0.1) is 18.0 Å². The highest BCUT2D eigenvalue weighted by Crippen LogP contribution is 2.19. The normalized spacial score (nSPS) is 10.6. The van der Waals surface area contributed by atoms with Crippen molar-refractivity contribution in [3.05, 3.63) is 66.7 Å². The number of aryl methyl sites for hydroxylation is 2. The fraction of sp³-hybridized carbons (Fsp3) is 0.125. The number of pyridine rings is 1. The van der Waals surface area contributed by atoms with Crippen LogP contribution in [-0.2, 0) is 7.05 Å². The zero-order valence-electron chi connectivity index (χ0n) is 11.1. The van der Waals surface area contributed by atoms with Crippen LogP contribution in [0, 0.1) is 6.92 Å². The Morgan fingerprint density at radius 1 is 1.05 bits per heavy atom. The molecule has 0 spiro atoms. The highest BCUT2D eigenvalue weighted by Gasteiger charge is 2.13. The first-order valence-corrected chi connectivity index (χ1v) is 6.30. The maximum absolute atomic E-state index is 4.21. The second kappa shape index (κ2) is 4.69. The van der Waals surface area contributed by atoms with Gasteiger partial charge in [0.2, 0.25) is 6.20 Å². The molecule has 19 heavy (non-hydrogen) atoms. The highest BCUT2D eigenvalue weighted by atomic mass is 15.4. The van der Waals surface area contributed by atoms with E-state index in [0.717, 1.165) is 5.69 Å². The van der Waals surface area contributed by atoms with Crippen LogP contribution < -0.4 is 4.68 Å². The van der Waals surface area contributed by atoms with Crippen LogP contribution in [-0.4, -0.2) is 9.67 Å². The zero-order valence-corrected chi connectivity index (χ0v) is 11.1. The molecule has 0 aliphatic rings. The van der Waals surface area contributed by atoms with Gasteiger partial charge < -0.3 is 0 Å². The van der Waals surface area contributed by atoms with Gasteiger partial charge in [0.25, 0.3) is 0 Å². The third kappa shape index (κ3) is 2.15. The molecule has 3 nitrogen and oxygen atoms in total. The van der Waals surface area contributed by atoms with Gasteiger partial charge in [-0.2, -0.15) is 0 Å². The van der Waals surface area contributed by atoms with Gasteiger partial charge in [-0.05, 0) is 24.1 Å². The molecule has 3 aromatic rings. The zero-order chi connectivity index (χ0) is 13.2. The van der Waals surface area contributed by atoms with Crippen LogP contribution in [0.2, 0.25) is 0 Å². The van der Waals surface area contributed by atoms with Crippen LogP contribution in [0.4, 0.5) is 0 Å². The summed E-state index contributed by atoms with van der Waals surface area (Å²) in [6, 6.07) is 12.4. The average molecular weight is 250 g/mol. The number of benzene rings is 1. The molecule has 0 saturated carbocycles. The lowest BCUT2D eigenvalue weighted by molar-refractivity contribution is -0.744. The van der Waals surface area contributed by atoms with Crippen molar-refractivity contribution in [1.29, 1.82) is 0 Å². The smallest absolute Gasteiger partial charge is 0.203 e. The Morgan fingerprint density at radius 2 is 1.84 bits per heavy atom. The van der Waals surface area contributed by atoms with E-state index in [-0.39, 0.29) is 0 Å². The summed E-state index contributed by atoms with van der Waals surface area (Å²) in [5.74, 6) is 0. The molecule has 0 atom stereocenters. The number of hydrogen-bond donors (Lipinski definition) is 0. The SMILES string of the molecule is Cc1ccncc1-n1cc(-c2ccccc2)c[n+]1C. The Kier molecular flexibility index (Phi) is 2.88. The molecule has 3 rings (SSSR count). The van der Waals surface area contributed by atoms with E-state index in [1.165, 1.54) is 16.7 Å². The molecule has 2 heterocycles. The van der Waals surface area contributed by atoms with Crippen LogP contribution in [0.15, 0.2) is 61.2 Å². The number of hydrogen-bond acceptors (Lipinski definition) is 1. The van der Waals surface area contributed by atoms with E-state index >= 15 is 0 Å². The van der Waals surface area contributed by atoms with Gasteiger partial charge in [-0.3, -0.25) is 4.98 Å². The van der Waals surface area contributed by atoms with Crippen molar-refractivity contribution in [1.82, 2.24) is 9.67 Å². The fourth-order valence-electron chi connectivity index (χ4n) is 2.23. The van der Waals surface area contributed by atoms with Crippen molar-refractivity contribution >= 4 is 0 Å². The Hall–Kier alpha value is -2.42. The number of nitrogens with zero attached hydrogens (tertiary/aromatic N) is 3. The minimum absolute atomic E-state index is 1.10. The summed E-state index contributed by atoms with van der Waals surface area (Å²) in [5, 5.41) is 0. The minimum atomic E-state index is 1.10. The molecule has 2 aromatic heterocycles. The third-order valence-corrected chi connectivity index (χ3v) is 3.29. The molecule has 1 aromatic carbocycles. The summed E-state index contributed by atoms with van der Waals surface area (Å²) >= 11 is 0. The van der Waals surface area contributed by atoms with Gasteiger partial charge in [-0.15, -0.1) is 9.36 Å². The van der Waals surface area contributed by atoms with E-state index < -0.39 is 0 Å². The van der Waals surface area contributed by atoms with Gasteiger partial charge in [0.15, 0.2) is 7.05 Å². The first-order chi connectivity index (χ1) is 9.25. The summed E-state index contributed by atoms with van der Waals surface area (Å²) in [6.45, 7) is 2.10. The van der Waals surface area contributed by atoms with Crippen LogP contribution in [0.3, 0.4) is 0 Å². The summed E-state index contributed by atoms with van der Waals surface area (Å²) in [7, 11) is 2.04. The van der Waals surface area contributed by atoms with E-state index in [1.807, 2.05) is 31.6 Å². The predicted octanol–water partition coefficient (Wildman–Crippen LogP) is 2.67. The molecular formula is C16H16N3+. The first-order valence-electron chi connectivity index (χ1n) is 6.30. The lowest BCUT2D eigenvalue weighted by Gasteiger charge is -2.02. The maximum Gasteiger partial charge on any atom is 0.203 e. The van der Waals surface area contributed by atoms with Crippen LogP contribution in [0.25, 0.3) is 16.8 Å². The van der Waals surface area contributed by atoms with Crippen molar-refractivity contribution in [2.45, 2.75) is 6.92 Å². The molecule has 0 bridgehead atoms. The molecule has 0 radical (unpaired) electrons. The summed E-state index contributed by atoms with van der Waals surface area (Å²) in [4.78, 5) is 4.21. The quantitative estimate of drug-likeness (QED) is 0.641. The van der Waals surface area contributed by atoms with E-state index in [0.29, 0.717) is 0 Å². The highest BCUT2D eigenvalue weighted by molar-refractivity contribution is 5.61. The fourth-order valence-corrected chi connectivity index (χ4v) is 2.23. The van der Waals surface area contributed by atoms with Crippen LogP contribution in [0.1, 0.15) is 5.56 Å². The summed E-state index contributed by atoms with van der Waals surface area (Å²) < 4.78 is 4.19. The molecule has 3 heteroatoms. The Morgan fingerprint density at radius 3 is 2.58 bits per heavy atom. The maximum atomic E-state index is 4.21. The molecule has 0 aliphatic heterocycles. The largest absolute Gasteiger partial charge is 0.262 e. The number of rotatable bonds is 2. The van der Waals surface area contributed by atoms with E-state index in [9.17, 15) is 0 Å². The van der Waals surface area contributed by atoms with Crippen molar-refractivity contribution in [3.8, 4) is 16.8 Å². The molecule has 0 saturated heterocycles. The topological polar surface area (TPSA) is 21.7 Å². The second-order valence-corrected chi connectivity index (χ2v) is 4.66. The van der Waals surface area contributed by atoms with Gasteiger partial charge in [0.1, 0.15) is 5.69 Å². The monoisotopic (exact) mass is 250 g/mol. The standard InChI is InChI=1S/C16H16N3/c1-13-8-9-17-10-16(13)19-12-15(11-18(19)2)14-6-4-3-5-7-14/h3-12H,1-2H3/q+1. The summed E-state index contributed by atoms with van der Waals surface area (Å²) in [6.07, 6.45) is 7.98. The second-order valence-electron chi connectivity index (χ2n) is 4.66. The molecule has 0 N–H and O–H groups in total. The lowest BCUT2D eigenvalue weighted by Crippen LogP contribution is -2.37. The van der Waals surface area contributed by atoms with Crippen molar-refractivity contribution in [3.63, 3.8) is 0 Å². The van der Waals surface area contributed by atoms with Crippen LogP contribution >= 0.6 is 0 Å². The van der Waals surface area contributed by atoms with Crippen molar-refractivity contribution < 1.29 is 4.68 Å². The summed E-state index contributed by atoms with van der Waals surface area (Å²) in [5.41, 5.74) is 4.73. The van der Waals surface area contributed by atoms with Gasteiger partial charge in [-0.25, -0.2) is 0 Å². The third-order valence-electron chi connectivity index (χ3n) is 3.29. The van der Waals surface area contributed by atoms with Crippen molar-refractivity contribution in [2.75, 3.05) is 0 Å². The molecule has 0 unspecified atom stereocenters. The lowest BCUT2D eigenvalue weighted by atomic mass is 10.1. The molecular weight excluding hydrogens is 234 g/mol. The van der Waals surface area contributed by atoms with Gasteiger partial charge in [-0.1, -0.05) is 30.3 Å². The molecule has 94 valence electrons. The Bertz CT molecular complexity index is 699. The van der Waals surface area contributed by atoms with E-state index in [1.54, 1.807) is 0 Å². The number of aromatic nitrogens is 3. The van der Waals surface area contributed by atoms with E-state index in [2.05, 4.69) is 57.9 Å². The van der Waals surface area contributed by atoms with E-state index in [4.69, 9.17) is 0 Å². The van der Waals surface area contributed by atoms with Gasteiger partial charge >= 0.3 is 0 Å². The van der Waals surface area contributed by atoms with Crippen LogP contribution in [0.5, 0.6) is 0 Å². The minimum Gasteiger partial charge on any atom is -0.262 e. The average Bonchev–Trinajstić information content (AvgIpc) is 2.82. The molecule has 0 amide bonds. The van der Waals surface area contributed by atoms with Crippen molar-refractivity contribution in [2.24, 2.45) is 7.05 Å².